The van der Waals surface area contributed by atoms with Gasteiger partial charge in [-0.1, -0.05) is 44.5 Å². The molecule has 0 aromatic heterocycles. The van der Waals surface area contributed by atoms with Crippen molar-refractivity contribution in [3.8, 4) is 5.75 Å². The van der Waals surface area contributed by atoms with Crippen molar-refractivity contribution in [2.45, 2.75) is 26.2 Å². The number of hydrogen-bond acceptors (Lipinski definition) is 5. The lowest BCUT2D eigenvalue weighted by atomic mass is 9.87. The van der Waals surface area contributed by atoms with Crippen LogP contribution in [0.5, 0.6) is 5.75 Å². The number of amides is 1. The average Bonchev–Trinajstić information content (AvgIpc) is 2.61. The van der Waals surface area contributed by atoms with Crippen LogP contribution in [-0.2, 0) is 10.2 Å². The normalized spacial score (nSPS) is 11.4. The van der Waals surface area contributed by atoms with Crippen LogP contribution in [-0.4, -0.2) is 23.7 Å². The molecule has 0 saturated heterocycles. The van der Waals surface area contributed by atoms with Crippen LogP contribution in [0.4, 0.5) is 5.69 Å². The predicted octanol–water partition coefficient (Wildman–Crippen LogP) is 4.07. The Labute approximate surface area is 162 Å². The standard InChI is InChI=1S/C19H20ClN3O4/c1-19(2,3)14-4-7-16(8-5-14)27-12-18(24)22-21-11-13-10-15(23(25)26)6-9-17(13)20/h4-11H,12H2,1-3H3,(H,22,24). The van der Waals surface area contributed by atoms with Gasteiger partial charge in [0.05, 0.1) is 11.1 Å². The van der Waals surface area contributed by atoms with Crippen LogP contribution in [0, 0.1) is 10.1 Å². The van der Waals surface area contributed by atoms with Gasteiger partial charge in [0.2, 0.25) is 0 Å². The Balaban J connectivity index is 1.88. The second-order valence-electron chi connectivity index (χ2n) is 6.82. The zero-order chi connectivity index (χ0) is 20.0. The molecule has 1 amide bonds. The third-order valence-corrected chi connectivity index (χ3v) is 4.02. The van der Waals surface area contributed by atoms with E-state index >= 15 is 0 Å². The van der Waals surface area contributed by atoms with Gasteiger partial charge in [-0.05, 0) is 29.2 Å². The average molecular weight is 390 g/mol. The van der Waals surface area contributed by atoms with Gasteiger partial charge < -0.3 is 4.74 Å². The van der Waals surface area contributed by atoms with Crippen LogP contribution in [0.2, 0.25) is 5.02 Å². The number of rotatable bonds is 6. The molecule has 27 heavy (non-hydrogen) atoms. The van der Waals surface area contributed by atoms with Gasteiger partial charge >= 0.3 is 0 Å². The minimum absolute atomic E-state index is 0.0401. The number of non-ortho nitro benzene ring substituents is 1. The lowest BCUT2D eigenvalue weighted by Gasteiger charge is -2.19. The maximum Gasteiger partial charge on any atom is 0.277 e. The van der Waals surface area contributed by atoms with E-state index in [9.17, 15) is 14.9 Å². The predicted molar refractivity (Wildman–Crippen MR) is 104 cm³/mol. The van der Waals surface area contributed by atoms with Crippen molar-refractivity contribution in [1.82, 2.24) is 5.43 Å². The SMILES string of the molecule is CC(C)(C)c1ccc(OCC(=O)NN=Cc2cc([N+](=O)[O-])ccc2Cl)cc1. The fourth-order valence-electron chi connectivity index (χ4n) is 2.15. The fourth-order valence-corrected chi connectivity index (χ4v) is 2.32. The molecule has 0 bridgehead atoms. The number of nitrogens with zero attached hydrogens (tertiary/aromatic N) is 2. The van der Waals surface area contributed by atoms with Gasteiger partial charge in [-0.25, -0.2) is 5.43 Å². The monoisotopic (exact) mass is 389 g/mol. The Hall–Kier alpha value is -2.93. The summed E-state index contributed by atoms with van der Waals surface area (Å²) in [6.07, 6.45) is 1.24. The first-order valence-electron chi connectivity index (χ1n) is 8.16. The molecule has 0 radical (unpaired) electrons. The number of hydrogen-bond donors (Lipinski definition) is 1. The van der Waals surface area contributed by atoms with Crippen molar-refractivity contribution in [3.63, 3.8) is 0 Å². The summed E-state index contributed by atoms with van der Waals surface area (Å²) in [6.45, 7) is 6.13. The number of nitro groups is 1. The molecule has 8 heteroatoms. The van der Waals surface area contributed by atoms with Gasteiger partial charge in [-0.2, -0.15) is 5.10 Å². The van der Waals surface area contributed by atoms with Crippen molar-refractivity contribution >= 4 is 29.4 Å². The summed E-state index contributed by atoms with van der Waals surface area (Å²) in [5, 5.41) is 14.8. The first-order chi connectivity index (χ1) is 12.7. The van der Waals surface area contributed by atoms with E-state index in [1.807, 2.05) is 12.1 Å². The number of carbonyl (C=O) groups is 1. The number of benzene rings is 2. The van der Waals surface area contributed by atoms with Crippen LogP contribution in [0.25, 0.3) is 0 Å². The van der Waals surface area contributed by atoms with Crippen LogP contribution in [0.3, 0.4) is 0 Å². The zero-order valence-corrected chi connectivity index (χ0v) is 16.0. The molecule has 1 N–H and O–H groups in total. The van der Waals surface area contributed by atoms with Crippen LogP contribution in [0.15, 0.2) is 47.6 Å². The number of carbonyl (C=O) groups excluding carboxylic acids is 1. The van der Waals surface area contributed by atoms with Crippen LogP contribution < -0.4 is 10.2 Å². The molecule has 0 fully saturated rings. The van der Waals surface area contributed by atoms with E-state index in [0.717, 1.165) is 5.56 Å². The first kappa shape index (κ1) is 20.4. The van der Waals surface area contributed by atoms with Crippen LogP contribution in [0.1, 0.15) is 31.9 Å². The first-order valence-corrected chi connectivity index (χ1v) is 8.54. The number of halogens is 1. The molecule has 2 aromatic rings. The summed E-state index contributed by atoms with van der Waals surface area (Å²) in [5.74, 6) is 0.108. The Morgan fingerprint density at radius 2 is 1.93 bits per heavy atom. The van der Waals surface area contributed by atoms with Gasteiger partial charge in [0.1, 0.15) is 5.75 Å². The Morgan fingerprint density at radius 1 is 1.26 bits per heavy atom. The zero-order valence-electron chi connectivity index (χ0n) is 15.2. The van der Waals surface area contributed by atoms with Crippen molar-refractivity contribution in [2.24, 2.45) is 5.10 Å². The molecule has 2 rings (SSSR count). The molecule has 7 nitrogen and oxygen atoms in total. The molecule has 0 saturated carbocycles. The third kappa shape index (κ3) is 6.07. The Kier molecular flexibility index (Phi) is 6.52. The fraction of sp³-hybridized carbons (Fsp3) is 0.263. The van der Waals surface area contributed by atoms with E-state index in [-0.39, 0.29) is 22.7 Å². The molecule has 0 heterocycles. The van der Waals surface area contributed by atoms with E-state index in [2.05, 4.69) is 31.3 Å². The van der Waals surface area contributed by atoms with Gasteiger partial charge in [0, 0.05) is 22.7 Å². The van der Waals surface area contributed by atoms with E-state index in [1.54, 1.807) is 12.1 Å². The Morgan fingerprint density at radius 3 is 2.52 bits per heavy atom. The van der Waals surface area contributed by atoms with E-state index in [1.165, 1.54) is 24.4 Å². The van der Waals surface area contributed by atoms with Gasteiger partial charge in [0.15, 0.2) is 6.61 Å². The minimum atomic E-state index is -0.537. The molecule has 0 aliphatic rings. The molecular weight excluding hydrogens is 370 g/mol. The number of nitro benzene ring substituents is 1. The van der Waals surface area contributed by atoms with E-state index < -0.39 is 10.8 Å². The highest BCUT2D eigenvalue weighted by Gasteiger charge is 2.13. The van der Waals surface area contributed by atoms with Crippen molar-refractivity contribution < 1.29 is 14.5 Å². The number of nitrogens with one attached hydrogen (secondary N) is 1. The summed E-state index contributed by atoms with van der Waals surface area (Å²) in [4.78, 5) is 22.0. The molecular formula is C19H20ClN3O4. The Bertz CT molecular complexity index is 858. The van der Waals surface area contributed by atoms with Gasteiger partial charge in [-0.15, -0.1) is 0 Å². The quantitative estimate of drug-likeness (QED) is 0.457. The molecule has 0 spiro atoms. The van der Waals surface area contributed by atoms with Crippen molar-refractivity contribution in [1.29, 1.82) is 0 Å². The van der Waals surface area contributed by atoms with Gasteiger partial charge in [-0.3, -0.25) is 14.9 Å². The van der Waals surface area contributed by atoms with E-state index in [0.29, 0.717) is 11.3 Å². The minimum Gasteiger partial charge on any atom is -0.484 e. The highest BCUT2D eigenvalue weighted by molar-refractivity contribution is 6.33. The summed E-state index contributed by atoms with van der Waals surface area (Å²) in [6, 6.07) is 11.5. The third-order valence-electron chi connectivity index (χ3n) is 3.67. The maximum atomic E-state index is 11.8. The highest BCUT2D eigenvalue weighted by atomic mass is 35.5. The van der Waals surface area contributed by atoms with Crippen LogP contribution >= 0.6 is 11.6 Å². The number of ether oxygens (including phenoxy) is 1. The topological polar surface area (TPSA) is 93.8 Å². The molecule has 0 aliphatic heterocycles. The van der Waals surface area contributed by atoms with Gasteiger partial charge in [0.25, 0.3) is 11.6 Å². The second-order valence-corrected chi connectivity index (χ2v) is 7.23. The number of hydrazone groups is 1. The van der Waals surface area contributed by atoms with Crippen molar-refractivity contribution in [3.05, 3.63) is 68.7 Å². The summed E-state index contributed by atoms with van der Waals surface area (Å²) in [7, 11) is 0. The largest absolute Gasteiger partial charge is 0.484 e. The maximum absolute atomic E-state index is 11.8. The molecule has 2 aromatic carbocycles. The smallest absolute Gasteiger partial charge is 0.277 e. The molecule has 0 aliphatic carbocycles. The lowest BCUT2D eigenvalue weighted by Crippen LogP contribution is -2.24. The molecule has 0 atom stereocenters. The van der Waals surface area contributed by atoms with Crippen molar-refractivity contribution in [2.75, 3.05) is 6.61 Å². The molecule has 0 unspecified atom stereocenters. The summed E-state index contributed by atoms with van der Waals surface area (Å²) < 4.78 is 5.41. The highest BCUT2D eigenvalue weighted by Crippen LogP contribution is 2.24. The lowest BCUT2D eigenvalue weighted by molar-refractivity contribution is -0.384. The summed E-state index contributed by atoms with van der Waals surface area (Å²) in [5.41, 5.74) is 3.70. The molecule has 142 valence electrons. The second kappa shape index (κ2) is 8.64. The van der Waals surface area contributed by atoms with E-state index in [4.69, 9.17) is 16.3 Å². The summed E-state index contributed by atoms with van der Waals surface area (Å²) >= 11 is 5.95.